The number of rotatable bonds is 6. The van der Waals surface area contributed by atoms with Crippen LogP contribution < -0.4 is 21.5 Å². The van der Waals surface area contributed by atoms with E-state index in [1.807, 2.05) is 6.07 Å². The maximum Gasteiger partial charge on any atom is 0.325 e. The van der Waals surface area contributed by atoms with Crippen molar-refractivity contribution in [2.75, 3.05) is 29.9 Å². The largest absolute Gasteiger partial charge is 0.370 e. The number of aryl methyl sites for hydroxylation is 1. The lowest BCUT2D eigenvalue weighted by Crippen LogP contribution is -2.31. The summed E-state index contributed by atoms with van der Waals surface area (Å²) < 4.78 is 0. The number of nitrogens with zero attached hydrogens (tertiary/aromatic N) is 3. The average Bonchev–Trinajstić information content (AvgIpc) is 2.64. The number of anilines is 2. The van der Waals surface area contributed by atoms with Gasteiger partial charge < -0.3 is 15.2 Å². The van der Waals surface area contributed by atoms with Gasteiger partial charge in [-0.2, -0.15) is 4.98 Å². The van der Waals surface area contributed by atoms with Crippen molar-refractivity contribution >= 4 is 11.8 Å². The molecule has 3 heterocycles. The first-order valence-electron chi connectivity index (χ1n) is 8.83. The first kappa shape index (κ1) is 17.2. The second kappa shape index (κ2) is 7.96. The number of aromatic amines is 2. The molecule has 2 aromatic rings. The van der Waals surface area contributed by atoms with Gasteiger partial charge in [-0.1, -0.05) is 6.92 Å². The lowest BCUT2D eigenvalue weighted by Gasteiger charge is -2.27. The summed E-state index contributed by atoms with van der Waals surface area (Å²) in [5.74, 6) is 1.55. The van der Waals surface area contributed by atoms with Crippen LogP contribution in [-0.2, 0) is 12.8 Å². The number of hydrogen-bond donors (Lipinski definition) is 3. The molecule has 134 valence electrons. The van der Waals surface area contributed by atoms with Gasteiger partial charge in [-0.3, -0.25) is 9.78 Å². The number of piperidine rings is 1. The monoisotopic (exact) mass is 344 g/mol. The fourth-order valence-corrected chi connectivity index (χ4v) is 2.94. The Morgan fingerprint density at radius 3 is 2.72 bits per heavy atom. The van der Waals surface area contributed by atoms with Gasteiger partial charge in [0.1, 0.15) is 5.82 Å². The summed E-state index contributed by atoms with van der Waals surface area (Å²) in [7, 11) is 0. The molecule has 0 radical (unpaired) electrons. The Labute approximate surface area is 145 Å². The predicted molar refractivity (Wildman–Crippen MR) is 97.4 cm³/mol. The van der Waals surface area contributed by atoms with Crippen molar-refractivity contribution in [3.8, 4) is 0 Å². The Hall–Kier alpha value is -2.64. The summed E-state index contributed by atoms with van der Waals surface area (Å²) in [5, 5.41) is 3.27. The molecular weight excluding hydrogens is 320 g/mol. The van der Waals surface area contributed by atoms with Gasteiger partial charge >= 0.3 is 5.69 Å². The number of aromatic nitrogens is 4. The van der Waals surface area contributed by atoms with Crippen LogP contribution in [0.2, 0.25) is 0 Å². The van der Waals surface area contributed by atoms with Crippen molar-refractivity contribution in [1.82, 2.24) is 19.9 Å². The molecule has 3 rings (SSSR count). The predicted octanol–water partition coefficient (Wildman–Crippen LogP) is 1.06. The summed E-state index contributed by atoms with van der Waals surface area (Å²) in [4.78, 5) is 39.0. The maximum atomic E-state index is 11.7. The number of H-pyrrole nitrogens is 2. The zero-order chi connectivity index (χ0) is 17.6. The third-order valence-electron chi connectivity index (χ3n) is 4.37. The minimum atomic E-state index is -0.490. The van der Waals surface area contributed by atoms with Crippen LogP contribution in [-0.4, -0.2) is 39.6 Å². The molecule has 0 saturated carbocycles. The van der Waals surface area contributed by atoms with Crippen molar-refractivity contribution in [2.24, 2.45) is 0 Å². The number of nitrogens with one attached hydrogen (secondary N) is 3. The van der Waals surface area contributed by atoms with Gasteiger partial charge in [0.05, 0.1) is 0 Å². The van der Waals surface area contributed by atoms with Crippen LogP contribution in [0.1, 0.15) is 37.4 Å². The highest BCUT2D eigenvalue weighted by Gasteiger charge is 2.15. The summed E-state index contributed by atoms with van der Waals surface area (Å²) in [5.41, 5.74) is 0.695. The van der Waals surface area contributed by atoms with Crippen molar-refractivity contribution in [3.63, 3.8) is 0 Å². The Balaban J connectivity index is 1.68. The van der Waals surface area contributed by atoms with Crippen molar-refractivity contribution < 1.29 is 0 Å². The van der Waals surface area contributed by atoms with E-state index in [0.29, 0.717) is 18.5 Å². The highest BCUT2D eigenvalue weighted by molar-refractivity contribution is 5.44. The first-order valence-corrected chi connectivity index (χ1v) is 8.83. The van der Waals surface area contributed by atoms with Gasteiger partial charge in [-0.15, -0.1) is 0 Å². The van der Waals surface area contributed by atoms with Gasteiger partial charge in [-0.05, 0) is 32.1 Å². The van der Waals surface area contributed by atoms with E-state index in [2.05, 4.69) is 37.1 Å². The topological polar surface area (TPSA) is 107 Å². The molecule has 25 heavy (non-hydrogen) atoms. The molecule has 2 aromatic heterocycles. The van der Waals surface area contributed by atoms with Gasteiger partial charge in [0.2, 0.25) is 5.95 Å². The van der Waals surface area contributed by atoms with Crippen LogP contribution in [0.4, 0.5) is 11.8 Å². The van der Waals surface area contributed by atoms with Crippen molar-refractivity contribution in [3.05, 3.63) is 44.4 Å². The summed E-state index contributed by atoms with van der Waals surface area (Å²) >= 11 is 0. The second-order valence-electron chi connectivity index (χ2n) is 6.22. The molecule has 1 saturated heterocycles. The van der Waals surface area contributed by atoms with Crippen molar-refractivity contribution in [1.29, 1.82) is 0 Å². The van der Waals surface area contributed by atoms with E-state index in [1.54, 1.807) is 0 Å². The van der Waals surface area contributed by atoms with Gasteiger partial charge in [-0.25, -0.2) is 9.78 Å². The molecule has 0 amide bonds. The summed E-state index contributed by atoms with van der Waals surface area (Å²) in [6, 6.07) is 1.95. The van der Waals surface area contributed by atoms with Crippen molar-refractivity contribution in [2.45, 2.75) is 39.0 Å². The third kappa shape index (κ3) is 4.46. The van der Waals surface area contributed by atoms with Crippen LogP contribution in [0.15, 0.2) is 21.9 Å². The molecule has 3 N–H and O–H groups in total. The van der Waals surface area contributed by atoms with Gasteiger partial charge in [0, 0.05) is 43.2 Å². The molecule has 8 heteroatoms. The van der Waals surface area contributed by atoms with E-state index in [1.165, 1.54) is 25.5 Å². The molecule has 0 atom stereocenters. The fourth-order valence-electron chi connectivity index (χ4n) is 2.94. The molecule has 0 aliphatic carbocycles. The van der Waals surface area contributed by atoms with Gasteiger partial charge in [0.25, 0.3) is 5.56 Å². The molecule has 0 aromatic carbocycles. The molecule has 8 nitrogen and oxygen atoms in total. The quantitative estimate of drug-likeness (QED) is 0.723. The minimum Gasteiger partial charge on any atom is -0.370 e. The SMILES string of the molecule is CCc1cc(NCCc2c[nH]c(=O)[nH]c2=O)nc(N2CCCCC2)n1. The molecule has 0 unspecified atom stereocenters. The standard InChI is InChI=1S/C17H24N6O2/c1-2-13-10-14(21-16(20-13)23-8-4-3-5-9-23)18-7-6-12-11-19-17(25)22-15(12)24/h10-11H,2-9H2,1H3,(H,18,20,21)(H2,19,22,24,25). The number of hydrogen-bond acceptors (Lipinski definition) is 6. The molecule has 0 bridgehead atoms. The fraction of sp³-hybridized carbons (Fsp3) is 0.529. The second-order valence-corrected chi connectivity index (χ2v) is 6.22. The Kier molecular flexibility index (Phi) is 5.47. The van der Waals surface area contributed by atoms with E-state index < -0.39 is 5.69 Å². The zero-order valence-electron chi connectivity index (χ0n) is 14.5. The van der Waals surface area contributed by atoms with E-state index >= 15 is 0 Å². The average molecular weight is 344 g/mol. The smallest absolute Gasteiger partial charge is 0.325 e. The zero-order valence-corrected chi connectivity index (χ0v) is 14.5. The maximum absolute atomic E-state index is 11.7. The van der Waals surface area contributed by atoms with Crippen LogP contribution in [0.5, 0.6) is 0 Å². The molecular formula is C17H24N6O2. The highest BCUT2D eigenvalue weighted by atomic mass is 16.2. The molecule has 0 spiro atoms. The molecule has 1 aliphatic rings. The Morgan fingerprint density at radius 1 is 1.20 bits per heavy atom. The van der Waals surface area contributed by atoms with Crippen LogP contribution in [0.3, 0.4) is 0 Å². The summed E-state index contributed by atoms with van der Waals surface area (Å²) in [6.45, 7) is 4.62. The van der Waals surface area contributed by atoms with Crippen LogP contribution >= 0.6 is 0 Å². The lowest BCUT2D eigenvalue weighted by atomic mass is 10.1. The van der Waals surface area contributed by atoms with Crippen LogP contribution in [0.25, 0.3) is 0 Å². The highest BCUT2D eigenvalue weighted by Crippen LogP contribution is 2.19. The van der Waals surface area contributed by atoms with Gasteiger partial charge in [0.15, 0.2) is 0 Å². The van der Waals surface area contributed by atoms with E-state index in [9.17, 15) is 9.59 Å². The third-order valence-corrected chi connectivity index (χ3v) is 4.37. The molecule has 1 aliphatic heterocycles. The lowest BCUT2D eigenvalue weighted by molar-refractivity contribution is 0.567. The normalized spacial score (nSPS) is 14.5. The molecule has 1 fully saturated rings. The first-order chi connectivity index (χ1) is 12.2. The Morgan fingerprint density at radius 2 is 2.00 bits per heavy atom. The van der Waals surface area contributed by atoms with E-state index in [0.717, 1.165) is 37.0 Å². The van der Waals surface area contributed by atoms with E-state index in [-0.39, 0.29) is 5.56 Å². The van der Waals surface area contributed by atoms with Crippen LogP contribution in [0, 0.1) is 0 Å². The summed E-state index contributed by atoms with van der Waals surface area (Å²) in [6.07, 6.45) is 6.42. The minimum absolute atomic E-state index is 0.350. The Bertz CT molecular complexity index is 822. The van der Waals surface area contributed by atoms with E-state index in [4.69, 9.17) is 0 Å².